The molecule has 0 bridgehead atoms. The first-order valence-corrected chi connectivity index (χ1v) is 15.4. The van der Waals surface area contributed by atoms with Crippen molar-refractivity contribution in [3.05, 3.63) is 53.7 Å². The van der Waals surface area contributed by atoms with E-state index in [0.29, 0.717) is 11.6 Å². The molecule has 3 fully saturated rings. The van der Waals surface area contributed by atoms with Crippen LogP contribution >= 0.6 is 0 Å². The zero-order valence-corrected chi connectivity index (χ0v) is 25.6. The predicted octanol–water partition coefficient (Wildman–Crippen LogP) is 4.60. The van der Waals surface area contributed by atoms with Gasteiger partial charge >= 0.3 is 0 Å². The molecule has 0 saturated carbocycles. The van der Waals surface area contributed by atoms with E-state index in [1.807, 2.05) is 46.4 Å². The average molecular weight is 593 g/mol. The van der Waals surface area contributed by atoms with Crippen LogP contribution < -0.4 is 9.64 Å². The van der Waals surface area contributed by atoms with E-state index in [2.05, 4.69) is 22.9 Å². The molecule has 3 saturated heterocycles. The minimum atomic E-state index is -0.0975. The lowest BCUT2D eigenvalue weighted by molar-refractivity contribution is -0.0182. The van der Waals surface area contributed by atoms with Crippen molar-refractivity contribution in [3.63, 3.8) is 0 Å². The fourth-order valence-electron chi connectivity index (χ4n) is 7.39. The third kappa shape index (κ3) is 4.02. The average Bonchev–Trinajstić information content (AvgIpc) is 3.83. The second-order valence-corrected chi connectivity index (χ2v) is 12.4. The molecule has 0 aliphatic carbocycles. The molecule has 8 rings (SSSR count). The number of ether oxygens (including phenoxy) is 2. The maximum Gasteiger partial charge on any atom is 0.270 e. The number of pyridine rings is 3. The molecule has 11 nitrogen and oxygen atoms in total. The number of likely N-dealkylation sites (tertiary alicyclic amines) is 1. The van der Waals surface area contributed by atoms with Crippen molar-refractivity contribution in [1.29, 1.82) is 0 Å². The topological polar surface area (TPSA) is 103 Å². The first kappa shape index (κ1) is 27.1. The number of aryl methyl sites for hydroxylation is 3. The number of hydrogen-bond acceptors (Lipinski definition) is 8. The van der Waals surface area contributed by atoms with Crippen molar-refractivity contribution in [2.75, 3.05) is 44.8 Å². The fraction of sp³-hybridized carbons (Fsp3) is 0.424. The number of rotatable bonds is 5. The molecule has 226 valence electrons. The molecule has 0 radical (unpaired) electrons. The second-order valence-electron chi connectivity index (χ2n) is 12.4. The van der Waals surface area contributed by atoms with Crippen molar-refractivity contribution in [3.8, 4) is 22.8 Å². The van der Waals surface area contributed by atoms with E-state index in [4.69, 9.17) is 24.5 Å². The highest BCUT2D eigenvalue weighted by Crippen LogP contribution is 2.42. The number of carbonyl (C=O) groups excluding carboxylic acids is 1. The van der Waals surface area contributed by atoms with E-state index in [1.54, 1.807) is 19.5 Å². The number of aromatic nitrogens is 6. The maximum absolute atomic E-state index is 13.8. The van der Waals surface area contributed by atoms with Crippen molar-refractivity contribution in [2.24, 2.45) is 7.05 Å². The smallest absolute Gasteiger partial charge is 0.270 e. The van der Waals surface area contributed by atoms with Gasteiger partial charge in [0.25, 0.3) is 5.91 Å². The van der Waals surface area contributed by atoms with Crippen LogP contribution in [-0.4, -0.2) is 85.6 Å². The summed E-state index contributed by atoms with van der Waals surface area (Å²) in [7, 11) is 3.64. The minimum absolute atomic E-state index is 0.0895. The molecule has 1 amide bonds. The van der Waals surface area contributed by atoms with Gasteiger partial charge in [-0.05, 0) is 57.2 Å². The zero-order valence-electron chi connectivity index (χ0n) is 25.6. The van der Waals surface area contributed by atoms with Crippen molar-refractivity contribution >= 4 is 33.5 Å². The van der Waals surface area contributed by atoms with Gasteiger partial charge in [-0.3, -0.25) is 14.8 Å². The number of fused-ring (bicyclic) bond motifs is 2. The van der Waals surface area contributed by atoms with Crippen LogP contribution in [0.5, 0.6) is 5.75 Å². The molecule has 0 unspecified atom stereocenters. The van der Waals surface area contributed by atoms with Gasteiger partial charge in [-0.25, -0.2) is 9.67 Å². The molecule has 3 aliphatic rings. The number of nitrogens with zero attached hydrogens (tertiary/aromatic N) is 8. The molecule has 0 atom stereocenters. The van der Waals surface area contributed by atoms with Gasteiger partial charge in [0, 0.05) is 61.7 Å². The summed E-state index contributed by atoms with van der Waals surface area (Å²) in [6.45, 7) is 8.04. The van der Waals surface area contributed by atoms with Crippen LogP contribution in [0, 0.1) is 13.8 Å². The third-order valence-corrected chi connectivity index (χ3v) is 9.68. The highest BCUT2D eigenvalue weighted by molar-refractivity contribution is 6.05. The standard InChI is InChI=1S/C33H36N8O3/c1-20-29-26(38(3)30(20)32(42)39-11-5-6-12-39)15-28(37-31(29)40-18-33(19-40)9-7-13-44-33)41-25-14-24(36-21(2)22(25)17-35-41)23-16-34-10-8-27(23)43-4/h8,10,14-17H,5-7,9,11-13,18-19H2,1-4H3. The molecule has 1 spiro atoms. The lowest BCUT2D eigenvalue weighted by atomic mass is 9.90. The lowest BCUT2D eigenvalue weighted by Gasteiger charge is -2.48. The van der Waals surface area contributed by atoms with Gasteiger partial charge in [0.15, 0.2) is 5.82 Å². The Kier molecular flexibility index (Phi) is 6.16. The first-order valence-electron chi connectivity index (χ1n) is 15.4. The van der Waals surface area contributed by atoms with Gasteiger partial charge < -0.3 is 23.8 Å². The van der Waals surface area contributed by atoms with Crippen molar-refractivity contribution in [1.82, 2.24) is 34.2 Å². The monoisotopic (exact) mass is 592 g/mol. The molecule has 5 aromatic rings. The van der Waals surface area contributed by atoms with Gasteiger partial charge in [0.1, 0.15) is 22.9 Å². The van der Waals surface area contributed by atoms with Gasteiger partial charge in [-0.15, -0.1) is 0 Å². The van der Waals surface area contributed by atoms with Crippen LogP contribution in [0.1, 0.15) is 47.4 Å². The Morgan fingerprint density at radius 1 is 1.05 bits per heavy atom. The third-order valence-electron chi connectivity index (χ3n) is 9.68. The maximum atomic E-state index is 13.8. The van der Waals surface area contributed by atoms with Crippen LogP contribution in [0.4, 0.5) is 5.82 Å². The zero-order chi connectivity index (χ0) is 30.2. The fourth-order valence-corrected chi connectivity index (χ4v) is 7.39. The Morgan fingerprint density at radius 3 is 2.61 bits per heavy atom. The summed E-state index contributed by atoms with van der Waals surface area (Å²) >= 11 is 0. The van der Waals surface area contributed by atoms with Crippen LogP contribution in [0.2, 0.25) is 0 Å². The van der Waals surface area contributed by atoms with E-state index in [9.17, 15) is 4.79 Å². The van der Waals surface area contributed by atoms with Crippen LogP contribution in [0.3, 0.4) is 0 Å². The van der Waals surface area contributed by atoms with Crippen molar-refractivity contribution < 1.29 is 14.3 Å². The van der Waals surface area contributed by atoms with E-state index in [-0.39, 0.29) is 11.5 Å². The molecule has 44 heavy (non-hydrogen) atoms. The Morgan fingerprint density at radius 2 is 1.86 bits per heavy atom. The lowest BCUT2D eigenvalue weighted by Crippen LogP contribution is -2.62. The normalized spacial score (nSPS) is 17.7. The van der Waals surface area contributed by atoms with E-state index < -0.39 is 0 Å². The summed E-state index contributed by atoms with van der Waals surface area (Å²) in [6.07, 6.45) is 9.58. The number of carbonyl (C=O) groups is 1. The largest absolute Gasteiger partial charge is 0.496 e. The highest BCUT2D eigenvalue weighted by Gasteiger charge is 2.47. The van der Waals surface area contributed by atoms with Crippen LogP contribution in [-0.2, 0) is 11.8 Å². The number of amides is 1. The molecule has 11 heteroatoms. The van der Waals surface area contributed by atoms with E-state index in [1.165, 1.54) is 0 Å². The molecular formula is C33H36N8O3. The Labute approximate surface area is 255 Å². The number of hydrogen-bond donors (Lipinski definition) is 0. The van der Waals surface area contributed by atoms with Gasteiger partial charge in [-0.1, -0.05) is 0 Å². The van der Waals surface area contributed by atoms with Gasteiger partial charge in [-0.2, -0.15) is 5.10 Å². The van der Waals surface area contributed by atoms with Crippen LogP contribution in [0.25, 0.3) is 38.9 Å². The SMILES string of the molecule is COc1ccncc1-c1cc2c(cnn2-c2cc3c(c(N4CC5(CCCO5)C4)n2)c(C)c(C(=O)N2CCCC2)n3C)c(C)n1. The molecule has 3 aliphatic heterocycles. The molecule has 5 aromatic heterocycles. The summed E-state index contributed by atoms with van der Waals surface area (Å²) < 4.78 is 15.7. The first-order chi connectivity index (χ1) is 21.4. The Bertz CT molecular complexity index is 1940. The summed E-state index contributed by atoms with van der Waals surface area (Å²) in [5.74, 6) is 2.35. The summed E-state index contributed by atoms with van der Waals surface area (Å²) in [5, 5.41) is 6.78. The molecular weight excluding hydrogens is 556 g/mol. The number of methoxy groups -OCH3 is 1. The van der Waals surface area contributed by atoms with E-state index in [0.717, 1.165) is 114 Å². The molecule has 8 heterocycles. The minimum Gasteiger partial charge on any atom is -0.496 e. The molecule has 0 N–H and O–H groups in total. The number of anilines is 1. The van der Waals surface area contributed by atoms with Gasteiger partial charge in [0.05, 0.1) is 48.7 Å². The van der Waals surface area contributed by atoms with Crippen LogP contribution in [0.15, 0.2) is 36.8 Å². The summed E-state index contributed by atoms with van der Waals surface area (Å²) in [6, 6.07) is 5.91. The second kappa shape index (κ2) is 10.0. The Balaban J connectivity index is 1.31. The molecule has 0 aromatic carbocycles. The predicted molar refractivity (Wildman–Crippen MR) is 168 cm³/mol. The van der Waals surface area contributed by atoms with Crippen molar-refractivity contribution in [2.45, 2.75) is 45.1 Å². The Hall–Kier alpha value is -4.51. The summed E-state index contributed by atoms with van der Waals surface area (Å²) in [5.41, 5.74) is 5.86. The summed E-state index contributed by atoms with van der Waals surface area (Å²) in [4.78, 5) is 32.5. The quantitative estimate of drug-likeness (QED) is 0.292. The highest BCUT2D eigenvalue weighted by atomic mass is 16.5. The van der Waals surface area contributed by atoms with Gasteiger partial charge in [0.2, 0.25) is 0 Å². The van der Waals surface area contributed by atoms with E-state index >= 15 is 0 Å².